The van der Waals surface area contributed by atoms with E-state index in [1.165, 1.54) is 12.3 Å². The molecule has 8 nitrogen and oxygen atoms in total. The highest BCUT2D eigenvalue weighted by Crippen LogP contribution is 2.20. The number of aryl methyl sites for hydroxylation is 2. The molecule has 174 valence electrons. The molecule has 0 fully saturated rings. The molecular weight excluding hydrogens is 436 g/mol. The van der Waals surface area contributed by atoms with Crippen molar-refractivity contribution in [1.82, 2.24) is 4.57 Å². The van der Waals surface area contributed by atoms with Crippen LogP contribution in [0.5, 0.6) is 0 Å². The highest BCUT2D eigenvalue weighted by molar-refractivity contribution is 6.04. The molecule has 4 rings (SSSR count). The monoisotopic (exact) mass is 460 g/mol. The summed E-state index contributed by atoms with van der Waals surface area (Å²) in [6, 6.07) is 13.4. The highest BCUT2D eigenvalue weighted by Gasteiger charge is 2.19. The molecule has 34 heavy (non-hydrogen) atoms. The Kier molecular flexibility index (Phi) is 6.49. The topological polar surface area (TPSA) is 104 Å². The number of furan rings is 2. The fourth-order valence-electron chi connectivity index (χ4n) is 3.65. The van der Waals surface area contributed by atoms with Gasteiger partial charge in [-0.3, -0.25) is 9.59 Å². The van der Waals surface area contributed by atoms with Crippen LogP contribution in [-0.4, -0.2) is 28.8 Å². The number of esters is 1. The van der Waals surface area contributed by atoms with Crippen molar-refractivity contribution in [1.29, 1.82) is 0 Å². The number of hydrogen-bond acceptors (Lipinski definition) is 6. The lowest BCUT2D eigenvalue weighted by Crippen LogP contribution is -2.16. The molecule has 0 radical (unpaired) electrons. The summed E-state index contributed by atoms with van der Waals surface area (Å²) in [7, 11) is 0. The van der Waals surface area contributed by atoms with E-state index in [-0.39, 0.29) is 17.1 Å². The van der Waals surface area contributed by atoms with Crippen LogP contribution in [0, 0.1) is 20.8 Å². The maximum atomic E-state index is 12.8. The van der Waals surface area contributed by atoms with Crippen molar-refractivity contribution in [3.05, 3.63) is 101 Å². The summed E-state index contributed by atoms with van der Waals surface area (Å²) in [4.78, 5) is 37.7. The van der Waals surface area contributed by atoms with Crippen LogP contribution in [0.3, 0.4) is 0 Å². The summed E-state index contributed by atoms with van der Waals surface area (Å²) in [5, 5.41) is 2.72. The second-order valence-electron chi connectivity index (χ2n) is 7.91. The normalized spacial score (nSPS) is 10.8. The van der Waals surface area contributed by atoms with Gasteiger partial charge in [-0.1, -0.05) is 6.07 Å². The molecule has 0 unspecified atom stereocenters. The van der Waals surface area contributed by atoms with Gasteiger partial charge in [-0.2, -0.15) is 0 Å². The predicted octanol–water partition coefficient (Wildman–Crippen LogP) is 4.94. The van der Waals surface area contributed by atoms with E-state index in [0.717, 1.165) is 22.7 Å². The summed E-state index contributed by atoms with van der Waals surface area (Å²) >= 11 is 0. The number of Topliss-reactive ketones (excluding diaryl/α,β-unsaturated/α-hetero) is 1. The SMILES string of the molecule is Cc1ccc(C(=O)OCC(=O)c2cc(C)n(Cc3ccco3)c2C)cc1NC(=O)c1ccco1. The van der Waals surface area contributed by atoms with Gasteiger partial charge in [0.1, 0.15) is 5.76 Å². The number of ether oxygens (including phenoxy) is 1. The van der Waals surface area contributed by atoms with Crippen molar-refractivity contribution in [2.75, 3.05) is 11.9 Å². The fourth-order valence-corrected chi connectivity index (χ4v) is 3.65. The lowest BCUT2D eigenvalue weighted by Gasteiger charge is -2.10. The minimum atomic E-state index is -0.661. The Morgan fingerprint density at radius 1 is 0.971 bits per heavy atom. The van der Waals surface area contributed by atoms with E-state index < -0.39 is 18.5 Å². The first kappa shape index (κ1) is 22.8. The minimum absolute atomic E-state index is 0.155. The van der Waals surface area contributed by atoms with Crippen LogP contribution in [0.4, 0.5) is 5.69 Å². The summed E-state index contributed by atoms with van der Waals surface area (Å²) in [6.45, 7) is 5.66. The molecule has 8 heteroatoms. The molecule has 0 saturated carbocycles. The van der Waals surface area contributed by atoms with Crippen molar-refractivity contribution in [2.24, 2.45) is 0 Å². The second kappa shape index (κ2) is 9.66. The van der Waals surface area contributed by atoms with Crippen LogP contribution < -0.4 is 5.32 Å². The molecule has 0 aliphatic heterocycles. The van der Waals surface area contributed by atoms with E-state index in [0.29, 0.717) is 17.8 Å². The Morgan fingerprint density at radius 2 is 1.74 bits per heavy atom. The van der Waals surface area contributed by atoms with E-state index in [1.807, 2.05) is 30.5 Å². The molecule has 0 aliphatic carbocycles. The lowest BCUT2D eigenvalue weighted by atomic mass is 10.1. The van der Waals surface area contributed by atoms with Crippen molar-refractivity contribution in [3.8, 4) is 0 Å². The summed E-state index contributed by atoms with van der Waals surface area (Å²) < 4.78 is 17.7. The number of ketones is 1. The first-order chi connectivity index (χ1) is 16.3. The van der Waals surface area contributed by atoms with Crippen LogP contribution in [0.2, 0.25) is 0 Å². The third kappa shape index (κ3) is 4.85. The number of carbonyl (C=O) groups is 3. The maximum Gasteiger partial charge on any atom is 0.338 e. The lowest BCUT2D eigenvalue weighted by molar-refractivity contribution is 0.0474. The minimum Gasteiger partial charge on any atom is -0.467 e. The van der Waals surface area contributed by atoms with Crippen LogP contribution in [0.1, 0.15) is 54.0 Å². The van der Waals surface area contributed by atoms with Gasteiger partial charge in [0.25, 0.3) is 5.91 Å². The van der Waals surface area contributed by atoms with E-state index in [2.05, 4.69) is 5.32 Å². The van der Waals surface area contributed by atoms with Crippen molar-refractivity contribution in [3.63, 3.8) is 0 Å². The third-order valence-corrected chi connectivity index (χ3v) is 5.57. The van der Waals surface area contributed by atoms with E-state index >= 15 is 0 Å². The fraction of sp³-hybridized carbons (Fsp3) is 0.192. The molecular formula is C26H24N2O6. The molecule has 0 aliphatic rings. The van der Waals surface area contributed by atoms with Gasteiger partial charge < -0.3 is 23.5 Å². The molecule has 3 aromatic heterocycles. The zero-order valence-electron chi connectivity index (χ0n) is 19.1. The van der Waals surface area contributed by atoms with Crippen molar-refractivity contribution >= 4 is 23.3 Å². The highest BCUT2D eigenvalue weighted by atomic mass is 16.5. The maximum absolute atomic E-state index is 12.8. The molecule has 0 spiro atoms. The van der Waals surface area contributed by atoms with Gasteiger partial charge >= 0.3 is 5.97 Å². The molecule has 1 aromatic carbocycles. The number of nitrogens with one attached hydrogen (secondary N) is 1. The van der Waals surface area contributed by atoms with Gasteiger partial charge in [-0.25, -0.2) is 4.79 Å². The zero-order chi connectivity index (χ0) is 24.2. The van der Waals surface area contributed by atoms with E-state index in [9.17, 15) is 14.4 Å². The van der Waals surface area contributed by atoms with Gasteiger partial charge in [-0.05, 0) is 68.8 Å². The first-order valence-electron chi connectivity index (χ1n) is 10.7. The number of aromatic nitrogens is 1. The van der Waals surface area contributed by atoms with Crippen molar-refractivity contribution in [2.45, 2.75) is 27.3 Å². The first-order valence-corrected chi connectivity index (χ1v) is 10.7. The number of rotatable bonds is 8. The molecule has 1 amide bonds. The van der Waals surface area contributed by atoms with Crippen molar-refractivity contribution < 1.29 is 28.0 Å². The number of nitrogens with zero attached hydrogens (tertiary/aromatic N) is 1. The quantitative estimate of drug-likeness (QED) is 0.295. The van der Waals surface area contributed by atoms with Gasteiger partial charge in [0.2, 0.25) is 5.78 Å². The van der Waals surface area contributed by atoms with E-state index in [4.69, 9.17) is 13.6 Å². The number of benzene rings is 1. The number of anilines is 1. The molecule has 4 aromatic rings. The van der Waals surface area contributed by atoms with E-state index in [1.54, 1.807) is 43.5 Å². The number of amides is 1. The third-order valence-electron chi connectivity index (χ3n) is 5.57. The second-order valence-corrected chi connectivity index (χ2v) is 7.91. The molecule has 0 bridgehead atoms. The predicted molar refractivity (Wildman–Crippen MR) is 124 cm³/mol. The summed E-state index contributed by atoms with van der Waals surface area (Å²) in [5.41, 5.74) is 3.59. The number of hydrogen-bond donors (Lipinski definition) is 1. The Balaban J connectivity index is 1.42. The summed E-state index contributed by atoms with van der Waals surface area (Å²) in [6.07, 6.45) is 3.01. The average Bonchev–Trinajstić information content (AvgIpc) is 3.58. The van der Waals surface area contributed by atoms with Gasteiger partial charge in [0.15, 0.2) is 12.4 Å². The largest absolute Gasteiger partial charge is 0.467 e. The Morgan fingerprint density at radius 3 is 2.44 bits per heavy atom. The molecule has 0 saturated heterocycles. The molecule has 3 heterocycles. The Hall–Kier alpha value is -4.33. The van der Waals surface area contributed by atoms with Crippen LogP contribution in [0.15, 0.2) is 69.9 Å². The number of carbonyl (C=O) groups excluding carboxylic acids is 3. The Labute approximate surface area is 196 Å². The smallest absolute Gasteiger partial charge is 0.338 e. The average molecular weight is 460 g/mol. The Bertz CT molecular complexity index is 1330. The standard InChI is InChI=1S/C26H24N2O6/c1-16-8-9-19(13-22(16)27-25(30)24-7-5-11-33-24)26(31)34-15-23(29)21-12-17(2)28(18(21)3)14-20-6-4-10-32-20/h4-13H,14-15H2,1-3H3,(H,27,30). The molecule has 0 atom stereocenters. The van der Waals surface area contributed by atoms with Crippen LogP contribution in [-0.2, 0) is 11.3 Å². The van der Waals surface area contributed by atoms with Gasteiger partial charge in [0.05, 0.1) is 24.6 Å². The van der Waals surface area contributed by atoms with Gasteiger partial charge in [0, 0.05) is 22.6 Å². The van der Waals surface area contributed by atoms with Gasteiger partial charge in [-0.15, -0.1) is 0 Å². The zero-order valence-corrected chi connectivity index (χ0v) is 19.1. The van der Waals surface area contributed by atoms with Crippen LogP contribution >= 0.6 is 0 Å². The summed E-state index contributed by atoms with van der Waals surface area (Å²) in [5.74, 6) is -0.459. The molecule has 1 N–H and O–H groups in total. The van der Waals surface area contributed by atoms with Crippen LogP contribution in [0.25, 0.3) is 0 Å².